The molecule has 0 aliphatic carbocycles. The molecule has 0 aliphatic heterocycles. The zero-order chi connectivity index (χ0) is 14.6. The van der Waals surface area contributed by atoms with Gasteiger partial charge in [-0.3, -0.25) is 0 Å². The normalized spacial score (nSPS) is 13.5. The maximum atomic E-state index is 12.4. The second kappa shape index (κ2) is 6.39. The Morgan fingerprint density at radius 1 is 1.50 bits per heavy atom. The first-order valence-corrected chi connectivity index (χ1v) is 8.43. The van der Waals surface area contributed by atoms with Gasteiger partial charge in [0.25, 0.3) is 0 Å². The Balaban J connectivity index is 2.16. The highest BCUT2D eigenvalue weighted by molar-refractivity contribution is 7.89. The SMILES string of the molecule is CCNCc1sccc1S(=O)(=O)NC(C)c1nn[nH]n1. The Labute approximate surface area is 121 Å². The molecule has 0 saturated heterocycles. The van der Waals surface area contributed by atoms with Gasteiger partial charge in [-0.25, -0.2) is 13.1 Å². The molecule has 1 atom stereocenters. The predicted octanol–water partition coefficient (Wildman–Crippen LogP) is 0.410. The van der Waals surface area contributed by atoms with Crippen LogP contribution in [0, 0.1) is 0 Å². The second-order valence-corrected chi connectivity index (χ2v) is 6.78. The van der Waals surface area contributed by atoms with Crippen LogP contribution in [0.3, 0.4) is 0 Å². The van der Waals surface area contributed by atoms with E-state index in [0.29, 0.717) is 17.3 Å². The van der Waals surface area contributed by atoms with Crippen LogP contribution in [0.1, 0.15) is 30.6 Å². The molecule has 2 heterocycles. The van der Waals surface area contributed by atoms with Crippen LogP contribution in [0.5, 0.6) is 0 Å². The van der Waals surface area contributed by atoms with E-state index in [4.69, 9.17) is 0 Å². The number of hydrogen-bond donors (Lipinski definition) is 3. The van der Waals surface area contributed by atoms with Crippen LogP contribution in [0.15, 0.2) is 16.3 Å². The fourth-order valence-corrected chi connectivity index (χ4v) is 4.25. The standard InChI is InChI=1S/C10H16N6O2S2/c1-3-11-6-8-9(4-5-19-8)20(17,18)14-7(2)10-12-15-16-13-10/h4-5,7,11,14H,3,6H2,1-2H3,(H,12,13,15,16). The van der Waals surface area contributed by atoms with Crippen molar-refractivity contribution in [2.75, 3.05) is 6.54 Å². The third kappa shape index (κ3) is 3.39. The van der Waals surface area contributed by atoms with Gasteiger partial charge in [0, 0.05) is 11.4 Å². The minimum Gasteiger partial charge on any atom is -0.312 e. The van der Waals surface area contributed by atoms with E-state index in [-0.39, 0.29) is 0 Å². The number of tetrazole rings is 1. The topological polar surface area (TPSA) is 113 Å². The summed E-state index contributed by atoms with van der Waals surface area (Å²) >= 11 is 1.41. The van der Waals surface area contributed by atoms with E-state index in [1.807, 2.05) is 6.92 Å². The van der Waals surface area contributed by atoms with E-state index in [2.05, 4.69) is 30.7 Å². The van der Waals surface area contributed by atoms with Crippen molar-refractivity contribution in [1.29, 1.82) is 0 Å². The Bertz CT molecular complexity index is 637. The molecule has 0 fully saturated rings. The summed E-state index contributed by atoms with van der Waals surface area (Å²) in [5.41, 5.74) is 0. The lowest BCUT2D eigenvalue weighted by Crippen LogP contribution is -2.28. The number of thiophene rings is 1. The van der Waals surface area contributed by atoms with Crippen molar-refractivity contribution in [2.24, 2.45) is 0 Å². The molecule has 0 spiro atoms. The highest BCUT2D eigenvalue weighted by atomic mass is 32.2. The first-order chi connectivity index (χ1) is 9.54. The predicted molar refractivity (Wildman–Crippen MR) is 74.6 cm³/mol. The number of nitrogens with zero attached hydrogens (tertiary/aromatic N) is 3. The molecule has 0 bridgehead atoms. The summed E-state index contributed by atoms with van der Waals surface area (Å²) in [6, 6.07) is 1.05. The number of hydrogen-bond acceptors (Lipinski definition) is 7. The maximum Gasteiger partial charge on any atom is 0.242 e. The van der Waals surface area contributed by atoms with Gasteiger partial charge in [-0.05, 0) is 24.9 Å². The number of H-pyrrole nitrogens is 1. The number of nitrogens with one attached hydrogen (secondary N) is 3. The smallest absolute Gasteiger partial charge is 0.242 e. The average Bonchev–Trinajstić information content (AvgIpc) is 3.07. The van der Waals surface area contributed by atoms with E-state index in [1.165, 1.54) is 11.3 Å². The third-order valence-electron chi connectivity index (χ3n) is 2.61. The molecule has 0 amide bonds. The molecule has 110 valence electrons. The fourth-order valence-electron chi connectivity index (χ4n) is 1.64. The average molecular weight is 316 g/mol. The summed E-state index contributed by atoms with van der Waals surface area (Å²) in [4.78, 5) is 1.07. The van der Waals surface area contributed by atoms with Crippen molar-refractivity contribution in [3.05, 3.63) is 22.1 Å². The highest BCUT2D eigenvalue weighted by Gasteiger charge is 2.24. The first-order valence-electron chi connectivity index (χ1n) is 6.07. The lowest BCUT2D eigenvalue weighted by molar-refractivity contribution is 0.558. The van der Waals surface area contributed by atoms with Crippen LogP contribution in [0.4, 0.5) is 0 Å². The zero-order valence-corrected chi connectivity index (χ0v) is 12.8. The van der Waals surface area contributed by atoms with E-state index >= 15 is 0 Å². The second-order valence-electron chi connectivity index (χ2n) is 4.10. The molecule has 8 nitrogen and oxygen atoms in total. The Kier molecular flexibility index (Phi) is 4.81. The van der Waals surface area contributed by atoms with Gasteiger partial charge in [0.1, 0.15) is 0 Å². The molecule has 1 unspecified atom stereocenters. The summed E-state index contributed by atoms with van der Waals surface area (Å²) in [5, 5.41) is 18.1. The molecular weight excluding hydrogens is 300 g/mol. The third-order valence-corrected chi connectivity index (χ3v) is 5.29. The number of sulfonamides is 1. The van der Waals surface area contributed by atoms with Crippen LogP contribution >= 0.6 is 11.3 Å². The van der Waals surface area contributed by atoms with Crippen LogP contribution in [-0.2, 0) is 16.6 Å². The van der Waals surface area contributed by atoms with E-state index in [0.717, 1.165) is 11.4 Å². The lowest BCUT2D eigenvalue weighted by atomic mass is 10.4. The molecule has 0 aromatic carbocycles. The number of rotatable bonds is 7. The summed E-state index contributed by atoms with van der Waals surface area (Å²) in [5.74, 6) is 0.303. The van der Waals surface area contributed by atoms with E-state index in [1.54, 1.807) is 18.4 Å². The molecule has 3 N–H and O–H groups in total. The van der Waals surface area contributed by atoms with Gasteiger partial charge >= 0.3 is 0 Å². The van der Waals surface area contributed by atoms with Crippen molar-refractivity contribution in [3.63, 3.8) is 0 Å². The molecule has 0 radical (unpaired) electrons. The van der Waals surface area contributed by atoms with Crippen molar-refractivity contribution in [1.82, 2.24) is 30.7 Å². The Morgan fingerprint density at radius 2 is 2.30 bits per heavy atom. The van der Waals surface area contributed by atoms with Crippen molar-refractivity contribution >= 4 is 21.4 Å². The van der Waals surface area contributed by atoms with Gasteiger partial charge in [-0.1, -0.05) is 12.1 Å². The zero-order valence-electron chi connectivity index (χ0n) is 11.1. The Morgan fingerprint density at radius 3 is 2.95 bits per heavy atom. The Hall–Kier alpha value is -1.36. The minimum absolute atomic E-state index is 0.291. The van der Waals surface area contributed by atoms with E-state index < -0.39 is 16.1 Å². The minimum atomic E-state index is -3.60. The number of aromatic nitrogens is 4. The molecule has 0 aliphatic rings. The van der Waals surface area contributed by atoms with Crippen molar-refractivity contribution in [3.8, 4) is 0 Å². The van der Waals surface area contributed by atoms with Gasteiger partial charge in [0.05, 0.1) is 10.9 Å². The number of aromatic amines is 1. The summed E-state index contributed by atoms with van der Waals surface area (Å²) < 4.78 is 27.3. The van der Waals surface area contributed by atoms with Gasteiger partial charge in [-0.2, -0.15) is 5.21 Å². The van der Waals surface area contributed by atoms with Gasteiger partial charge in [0.15, 0.2) is 5.82 Å². The largest absolute Gasteiger partial charge is 0.312 e. The van der Waals surface area contributed by atoms with Crippen LogP contribution in [0.25, 0.3) is 0 Å². The van der Waals surface area contributed by atoms with Crippen molar-refractivity contribution in [2.45, 2.75) is 31.3 Å². The van der Waals surface area contributed by atoms with Gasteiger partial charge in [0.2, 0.25) is 10.0 Å². The van der Waals surface area contributed by atoms with Crippen molar-refractivity contribution < 1.29 is 8.42 Å². The monoisotopic (exact) mass is 316 g/mol. The summed E-state index contributed by atoms with van der Waals surface area (Å²) in [6.45, 7) is 4.95. The summed E-state index contributed by atoms with van der Waals surface area (Å²) in [6.07, 6.45) is 0. The molecule has 10 heteroatoms. The van der Waals surface area contributed by atoms with Crippen LogP contribution in [0.2, 0.25) is 0 Å². The van der Waals surface area contributed by atoms with Crippen LogP contribution < -0.4 is 10.0 Å². The molecule has 2 aromatic rings. The van der Waals surface area contributed by atoms with Crippen LogP contribution in [-0.4, -0.2) is 35.6 Å². The molecule has 0 saturated carbocycles. The maximum absolute atomic E-state index is 12.4. The lowest BCUT2D eigenvalue weighted by Gasteiger charge is -2.11. The van der Waals surface area contributed by atoms with Gasteiger partial charge < -0.3 is 5.32 Å². The van der Waals surface area contributed by atoms with Gasteiger partial charge in [-0.15, -0.1) is 21.5 Å². The first kappa shape index (κ1) is 15.0. The molecule has 2 rings (SSSR count). The molecule has 2 aromatic heterocycles. The quantitative estimate of drug-likeness (QED) is 0.682. The molecule has 20 heavy (non-hydrogen) atoms. The highest BCUT2D eigenvalue weighted by Crippen LogP contribution is 2.23. The summed E-state index contributed by atoms with van der Waals surface area (Å²) in [7, 11) is -3.60. The molecular formula is C10H16N6O2S2. The fraction of sp³-hybridized carbons (Fsp3) is 0.500. The van der Waals surface area contributed by atoms with E-state index in [9.17, 15) is 8.42 Å².